The minimum atomic E-state index is -0.211. The molecule has 5 heteroatoms. The quantitative estimate of drug-likeness (QED) is 0.636. The van der Waals surface area contributed by atoms with Crippen molar-refractivity contribution in [3.63, 3.8) is 0 Å². The number of ether oxygens (including phenoxy) is 2. The summed E-state index contributed by atoms with van der Waals surface area (Å²) in [5.74, 6) is 0.893. The number of nitrogens with one attached hydrogen (secondary N) is 1. The number of halogens is 1. The van der Waals surface area contributed by atoms with Gasteiger partial charge in [0, 0.05) is 11.3 Å². The first-order chi connectivity index (χ1) is 12.1. The van der Waals surface area contributed by atoms with Gasteiger partial charge in [-0.25, -0.2) is 0 Å². The molecular weight excluding hydrogens is 382 g/mol. The fourth-order valence-electron chi connectivity index (χ4n) is 2.61. The zero-order valence-corrected chi connectivity index (χ0v) is 15.6. The summed E-state index contributed by atoms with van der Waals surface area (Å²) >= 11 is 3.44. The van der Waals surface area contributed by atoms with Gasteiger partial charge in [0.25, 0.3) is 5.91 Å². The van der Waals surface area contributed by atoms with Crippen LogP contribution in [0.3, 0.4) is 0 Å². The van der Waals surface area contributed by atoms with E-state index in [-0.39, 0.29) is 5.91 Å². The molecule has 0 bridgehead atoms. The van der Waals surface area contributed by atoms with Gasteiger partial charge >= 0.3 is 0 Å². The van der Waals surface area contributed by atoms with Gasteiger partial charge in [-0.2, -0.15) is 0 Å². The van der Waals surface area contributed by atoms with Gasteiger partial charge in [-0.05, 0) is 57.9 Å². The molecule has 0 heterocycles. The van der Waals surface area contributed by atoms with Crippen molar-refractivity contribution >= 4 is 38.3 Å². The monoisotopic (exact) mass is 399 g/mol. The second kappa shape index (κ2) is 7.57. The minimum absolute atomic E-state index is 0.211. The van der Waals surface area contributed by atoms with Gasteiger partial charge in [-0.1, -0.05) is 30.3 Å². The molecule has 0 aromatic heterocycles. The number of amides is 1. The molecule has 3 aromatic carbocycles. The third-order valence-electron chi connectivity index (χ3n) is 3.79. The number of benzene rings is 3. The predicted octanol–water partition coefficient (Wildman–Crippen LogP) is 5.26. The number of carbonyl (C=O) groups is 1. The van der Waals surface area contributed by atoms with E-state index in [4.69, 9.17) is 9.47 Å². The first kappa shape index (κ1) is 17.3. The Balaban J connectivity index is 1.88. The van der Waals surface area contributed by atoms with Crippen molar-refractivity contribution in [2.45, 2.75) is 6.92 Å². The fourth-order valence-corrected chi connectivity index (χ4v) is 3.16. The number of hydrogen-bond acceptors (Lipinski definition) is 3. The topological polar surface area (TPSA) is 47.6 Å². The zero-order valence-electron chi connectivity index (χ0n) is 14.0. The second-order valence-corrected chi connectivity index (χ2v) is 6.29. The highest BCUT2D eigenvalue weighted by Crippen LogP contribution is 2.36. The molecule has 128 valence electrons. The SMILES string of the molecule is CCOc1c(Br)cc(C(=O)Nc2ccc3ccccc3c2)cc1OC. The molecule has 0 unspecified atom stereocenters. The molecule has 0 saturated heterocycles. The lowest BCUT2D eigenvalue weighted by molar-refractivity contribution is 0.102. The highest BCUT2D eigenvalue weighted by molar-refractivity contribution is 9.10. The van der Waals surface area contributed by atoms with E-state index in [0.717, 1.165) is 16.5 Å². The van der Waals surface area contributed by atoms with E-state index in [0.29, 0.717) is 28.1 Å². The minimum Gasteiger partial charge on any atom is -0.493 e. The van der Waals surface area contributed by atoms with E-state index in [9.17, 15) is 4.79 Å². The van der Waals surface area contributed by atoms with Crippen LogP contribution in [0.5, 0.6) is 11.5 Å². The maximum Gasteiger partial charge on any atom is 0.255 e. The third-order valence-corrected chi connectivity index (χ3v) is 4.38. The molecule has 0 spiro atoms. The van der Waals surface area contributed by atoms with Crippen LogP contribution < -0.4 is 14.8 Å². The number of rotatable bonds is 5. The largest absolute Gasteiger partial charge is 0.493 e. The van der Waals surface area contributed by atoms with Crippen LogP contribution in [0.25, 0.3) is 10.8 Å². The number of methoxy groups -OCH3 is 1. The first-order valence-corrected chi connectivity index (χ1v) is 8.72. The summed E-state index contributed by atoms with van der Waals surface area (Å²) < 4.78 is 11.6. The van der Waals surface area contributed by atoms with Gasteiger partial charge in [0.2, 0.25) is 0 Å². The molecule has 1 amide bonds. The Morgan fingerprint density at radius 1 is 1.08 bits per heavy atom. The van der Waals surface area contributed by atoms with Crippen molar-refractivity contribution in [1.29, 1.82) is 0 Å². The van der Waals surface area contributed by atoms with Crippen LogP contribution in [0.2, 0.25) is 0 Å². The average Bonchev–Trinajstić information content (AvgIpc) is 2.63. The predicted molar refractivity (Wildman–Crippen MR) is 104 cm³/mol. The Kier molecular flexibility index (Phi) is 5.24. The van der Waals surface area contributed by atoms with Crippen LogP contribution in [0, 0.1) is 0 Å². The van der Waals surface area contributed by atoms with Crippen molar-refractivity contribution in [2.24, 2.45) is 0 Å². The van der Waals surface area contributed by atoms with E-state index in [1.165, 1.54) is 0 Å². The fraction of sp³-hybridized carbons (Fsp3) is 0.150. The molecule has 3 aromatic rings. The van der Waals surface area contributed by atoms with Crippen molar-refractivity contribution in [3.05, 3.63) is 64.6 Å². The van der Waals surface area contributed by atoms with Gasteiger partial charge in [0.1, 0.15) is 0 Å². The number of anilines is 1. The van der Waals surface area contributed by atoms with Crippen LogP contribution in [-0.2, 0) is 0 Å². The summed E-state index contributed by atoms with van der Waals surface area (Å²) in [6.07, 6.45) is 0. The average molecular weight is 400 g/mol. The van der Waals surface area contributed by atoms with Crippen LogP contribution in [0.4, 0.5) is 5.69 Å². The summed E-state index contributed by atoms with van der Waals surface area (Å²) in [6, 6.07) is 17.2. The lowest BCUT2D eigenvalue weighted by Gasteiger charge is -2.13. The Labute approximate surface area is 154 Å². The number of fused-ring (bicyclic) bond motifs is 1. The molecule has 0 aliphatic heterocycles. The van der Waals surface area contributed by atoms with E-state index >= 15 is 0 Å². The summed E-state index contributed by atoms with van der Waals surface area (Å²) in [5.41, 5.74) is 1.23. The highest BCUT2D eigenvalue weighted by Gasteiger charge is 2.15. The molecule has 4 nitrogen and oxygen atoms in total. The zero-order chi connectivity index (χ0) is 17.8. The molecular formula is C20H18BrNO3. The van der Waals surface area contributed by atoms with Gasteiger partial charge in [-0.15, -0.1) is 0 Å². The summed E-state index contributed by atoms with van der Waals surface area (Å²) in [7, 11) is 1.55. The number of hydrogen-bond donors (Lipinski definition) is 1. The Morgan fingerprint density at radius 2 is 1.84 bits per heavy atom. The summed E-state index contributed by atoms with van der Waals surface area (Å²) in [4.78, 5) is 12.6. The van der Waals surface area contributed by atoms with Gasteiger partial charge in [0.15, 0.2) is 11.5 Å². The standard InChI is InChI=1S/C20H18BrNO3/c1-3-25-19-17(21)11-15(12-18(19)24-2)20(23)22-16-9-8-13-6-4-5-7-14(13)10-16/h4-12H,3H2,1-2H3,(H,22,23). The normalized spacial score (nSPS) is 10.5. The van der Waals surface area contributed by atoms with Crippen molar-refractivity contribution in [1.82, 2.24) is 0 Å². The van der Waals surface area contributed by atoms with Crippen molar-refractivity contribution < 1.29 is 14.3 Å². The molecule has 0 radical (unpaired) electrons. The molecule has 0 aliphatic rings. The first-order valence-electron chi connectivity index (χ1n) is 7.93. The molecule has 0 fully saturated rings. The van der Waals surface area contributed by atoms with E-state index in [1.54, 1.807) is 19.2 Å². The van der Waals surface area contributed by atoms with E-state index < -0.39 is 0 Å². The lowest BCUT2D eigenvalue weighted by Crippen LogP contribution is -2.12. The van der Waals surface area contributed by atoms with Gasteiger partial charge in [0.05, 0.1) is 18.2 Å². The number of carbonyl (C=O) groups excluding carboxylic acids is 1. The Hall–Kier alpha value is -2.53. The van der Waals surface area contributed by atoms with E-state index in [2.05, 4.69) is 21.2 Å². The van der Waals surface area contributed by atoms with Crippen LogP contribution in [0.15, 0.2) is 59.1 Å². The molecule has 0 atom stereocenters. The van der Waals surface area contributed by atoms with E-state index in [1.807, 2.05) is 49.4 Å². The van der Waals surface area contributed by atoms with Crippen molar-refractivity contribution in [2.75, 3.05) is 19.0 Å². The Bertz CT molecular complexity index is 924. The maximum absolute atomic E-state index is 12.6. The van der Waals surface area contributed by atoms with Gasteiger partial charge < -0.3 is 14.8 Å². The van der Waals surface area contributed by atoms with Crippen LogP contribution in [0.1, 0.15) is 17.3 Å². The van der Waals surface area contributed by atoms with Crippen molar-refractivity contribution in [3.8, 4) is 11.5 Å². The molecule has 0 aliphatic carbocycles. The molecule has 3 rings (SSSR count). The smallest absolute Gasteiger partial charge is 0.255 e. The van der Waals surface area contributed by atoms with Gasteiger partial charge in [-0.3, -0.25) is 4.79 Å². The third kappa shape index (κ3) is 3.77. The van der Waals surface area contributed by atoms with Crippen LogP contribution >= 0.6 is 15.9 Å². The molecule has 1 N–H and O–H groups in total. The molecule has 0 saturated carbocycles. The summed E-state index contributed by atoms with van der Waals surface area (Å²) in [6.45, 7) is 2.41. The van der Waals surface area contributed by atoms with Crippen LogP contribution in [-0.4, -0.2) is 19.6 Å². The second-order valence-electron chi connectivity index (χ2n) is 5.44. The lowest BCUT2D eigenvalue weighted by atomic mass is 10.1. The summed E-state index contributed by atoms with van der Waals surface area (Å²) in [5, 5.41) is 5.13. The molecule has 25 heavy (non-hydrogen) atoms. The maximum atomic E-state index is 12.6. The Morgan fingerprint density at radius 3 is 2.56 bits per heavy atom. The highest BCUT2D eigenvalue weighted by atomic mass is 79.9.